The summed E-state index contributed by atoms with van der Waals surface area (Å²) in [6.07, 6.45) is 1.06. The number of hydrogen-bond acceptors (Lipinski definition) is 5. The standard InChI is InChI=1S/C14H16N4O2/c15-13-12(17-14-16-4-1-5-18(13)14)9-2-3-10-11(8-9)20-7-6-19-10/h2-3,8H,1,4-7,15H2,(H,16,17). The number of nitrogens with one attached hydrogen (secondary N) is 1. The third kappa shape index (κ3) is 1.68. The quantitative estimate of drug-likeness (QED) is 0.826. The van der Waals surface area contributed by atoms with Crippen LogP contribution in [0, 0.1) is 0 Å². The fourth-order valence-electron chi connectivity index (χ4n) is 2.67. The number of nitrogen functional groups attached to an aromatic ring is 1. The topological polar surface area (TPSA) is 74.3 Å². The van der Waals surface area contributed by atoms with Gasteiger partial charge in [-0.2, -0.15) is 0 Å². The molecule has 4 rings (SSSR count). The molecule has 0 bridgehead atoms. The highest BCUT2D eigenvalue weighted by atomic mass is 16.6. The fourth-order valence-corrected chi connectivity index (χ4v) is 2.67. The molecular formula is C14H16N4O2. The van der Waals surface area contributed by atoms with Gasteiger partial charge in [0.15, 0.2) is 11.5 Å². The van der Waals surface area contributed by atoms with Crippen molar-refractivity contribution < 1.29 is 9.47 Å². The molecule has 0 radical (unpaired) electrons. The van der Waals surface area contributed by atoms with E-state index in [2.05, 4.69) is 10.3 Å². The summed E-state index contributed by atoms with van der Waals surface area (Å²) in [4.78, 5) is 4.60. The average molecular weight is 272 g/mol. The van der Waals surface area contributed by atoms with E-state index < -0.39 is 0 Å². The van der Waals surface area contributed by atoms with Gasteiger partial charge in [0, 0.05) is 18.7 Å². The molecule has 0 amide bonds. The minimum atomic E-state index is 0.577. The number of nitrogens with two attached hydrogens (primary N) is 1. The van der Waals surface area contributed by atoms with E-state index in [1.54, 1.807) is 0 Å². The van der Waals surface area contributed by atoms with Gasteiger partial charge >= 0.3 is 0 Å². The molecule has 0 fully saturated rings. The Bertz CT molecular complexity index is 665. The van der Waals surface area contributed by atoms with Crippen LogP contribution in [0.15, 0.2) is 18.2 Å². The molecule has 2 aromatic rings. The summed E-state index contributed by atoms with van der Waals surface area (Å²) in [7, 11) is 0. The van der Waals surface area contributed by atoms with Crippen molar-refractivity contribution in [1.29, 1.82) is 0 Å². The first-order valence-electron chi connectivity index (χ1n) is 6.83. The lowest BCUT2D eigenvalue weighted by Crippen LogP contribution is -2.18. The zero-order valence-electron chi connectivity index (χ0n) is 11.1. The molecule has 6 heteroatoms. The molecule has 1 aromatic heterocycles. The van der Waals surface area contributed by atoms with Crippen molar-refractivity contribution in [2.45, 2.75) is 13.0 Å². The highest BCUT2D eigenvalue weighted by Crippen LogP contribution is 2.37. The highest BCUT2D eigenvalue weighted by molar-refractivity contribution is 5.75. The smallest absolute Gasteiger partial charge is 0.205 e. The molecule has 2 aliphatic heterocycles. The molecule has 2 aliphatic rings. The first-order chi connectivity index (χ1) is 9.83. The third-order valence-corrected chi connectivity index (χ3v) is 3.66. The number of rotatable bonds is 1. The van der Waals surface area contributed by atoms with Crippen molar-refractivity contribution in [2.24, 2.45) is 0 Å². The van der Waals surface area contributed by atoms with Crippen molar-refractivity contribution in [2.75, 3.05) is 30.8 Å². The Morgan fingerprint density at radius 1 is 1.20 bits per heavy atom. The lowest BCUT2D eigenvalue weighted by molar-refractivity contribution is 0.171. The Morgan fingerprint density at radius 3 is 2.90 bits per heavy atom. The second kappa shape index (κ2) is 4.33. The first kappa shape index (κ1) is 11.5. The van der Waals surface area contributed by atoms with Crippen LogP contribution in [0.4, 0.5) is 11.8 Å². The van der Waals surface area contributed by atoms with Crippen molar-refractivity contribution in [3.8, 4) is 22.8 Å². The van der Waals surface area contributed by atoms with Crippen LogP contribution < -0.4 is 20.5 Å². The number of aromatic nitrogens is 2. The van der Waals surface area contributed by atoms with Crippen LogP contribution in [0.1, 0.15) is 6.42 Å². The maximum Gasteiger partial charge on any atom is 0.205 e. The van der Waals surface area contributed by atoms with Crippen molar-refractivity contribution in [3.05, 3.63) is 18.2 Å². The fraction of sp³-hybridized carbons (Fsp3) is 0.357. The van der Waals surface area contributed by atoms with E-state index in [1.165, 1.54) is 0 Å². The Labute approximate surface area is 116 Å². The predicted molar refractivity (Wildman–Crippen MR) is 76.2 cm³/mol. The number of nitrogens with zero attached hydrogens (tertiary/aromatic N) is 2. The van der Waals surface area contributed by atoms with E-state index in [4.69, 9.17) is 15.2 Å². The predicted octanol–water partition coefficient (Wildman–Crippen LogP) is 1.72. The van der Waals surface area contributed by atoms with Gasteiger partial charge in [0.2, 0.25) is 5.95 Å². The van der Waals surface area contributed by atoms with E-state index in [0.717, 1.165) is 48.2 Å². The van der Waals surface area contributed by atoms with Gasteiger partial charge in [-0.05, 0) is 24.6 Å². The highest BCUT2D eigenvalue weighted by Gasteiger charge is 2.20. The van der Waals surface area contributed by atoms with Gasteiger partial charge in [0.25, 0.3) is 0 Å². The monoisotopic (exact) mass is 272 g/mol. The summed E-state index contributed by atoms with van der Waals surface area (Å²) in [5.74, 6) is 3.08. The third-order valence-electron chi connectivity index (χ3n) is 3.66. The zero-order valence-corrected chi connectivity index (χ0v) is 11.1. The maximum atomic E-state index is 6.22. The van der Waals surface area contributed by atoms with Crippen molar-refractivity contribution in [1.82, 2.24) is 9.55 Å². The molecule has 104 valence electrons. The van der Waals surface area contributed by atoms with Gasteiger partial charge in [-0.1, -0.05) is 0 Å². The number of imidazole rings is 1. The van der Waals surface area contributed by atoms with E-state index >= 15 is 0 Å². The molecule has 3 heterocycles. The van der Waals surface area contributed by atoms with Crippen molar-refractivity contribution in [3.63, 3.8) is 0 Å². The second-order valence-electron chi connectivity index (χ2n) is 4.96. The lowest BCUT2D eigenvalue weighted by Gasteiger charge is -2.18. The average Bonchev–Trinajstić information content (AvgIpc) is 2.84. The maximum absolute atomic E-state index is 6.22. The number of ether oxygens (including phenoxy) is 2. The molecule has 3 N–H and O–H groups in total. The number of benzene rings is 1. The summed E-state index contributed by atoms with van der Waals surface area (Å²) in [6, 6.07) is 5.83. The lowest BCUT2D eigenvalue weighted by atomic mass is 10.1. The summed E-state index contributed by atoms with van der Waals surface area (Å²) in [5.41, 5.74) is 7.97. The summed E-state index contributed by atoms with van der Waals surface area (Å²) in [5, 5.41) is 3.27. The van der Waals surface area contributed by atoms with Crippen molar-refractivity contribution >= 4 is 11.8 Å². The van der Waals surface area contributed by atoms with Gasteiger partial charge in [-0.15, -0.1) is 0 Å². The van der Waals surface area contributed by atoms with E-state index in [9.17, 15) is 0 Å². The van der Waals surface area contributed by atoms with E-state index in [1.807, 2.05) is 22.8 Å². The van der Waals surface area contributed by atoms with Gasteiger partial charge in [0.05, 0.1) is 0 Å². The van der Waals surface area contributed by atoms with Gasteiger partial charge < -0.3 is 20.5 Å². The Balaban J connectivity index is 1.79. The van der Waals surface area contributed by atoms with Gasteiger partial charge in [-0.25, -0.2) is 4.98 Å². The summed E-state index contributed by atoms with van der Waals surface area (Å²) >= 11 is 0. The molecule has 0 unspecified atom stereocenters. The van der Waals surface area contributed by atoms with Crippen LogP contribution in [0.3, 0.4) is 0 Å². The summed E-state index contributed by atoms with van der Waals surface area (Å²) in [6.45, 7) is 3.02. The minimum absolute atomic E-state index is 0.577. The molecule has 0 atom stereocenters. The molecular weight excluding hydrogens is 256 g/mol. The molecule has 0 saturated carbocycles. The van der Waals surface area contributed by atoms with Crippen LogP contribution in [-0.2, 0) is 6.54 Å². The SMILES string of the molecule is Nc1c(-c2ccc3c(c2)OCCO3)nc2n1CCCN2. The second-order valence-corrected chi connectivity index (χ2v) is 4.96. The Morgan fingerprint density at radius 2 is 2.05 bits per heavy atom. The van der Waals surface area contributed by atoms with Crippen LogP contribution in [-0.4, -0.2) is 29.3 Å². The number of anilines is 2. The zero-order chi connectivity index (χ0) is 13.5. The largest absolute Gasteiger partial charge is 0.486 e. The molecule has 1 aromatic carbocycles. The molecule has 20 heavy (non-hydrogen) atoms. The van der Waals surface area contributed by atoms with Crippen LogP contribution in [0.25, 0.3) is 11.3 Å². The van der Waals surface area contributed by atoms with Gasteiger partial charge in [-0.3, -0.25) is 4.57 Å². The minimum Gasteiger partial charge on any atom is -0.486 e. The van der Waals surface area contributed by atoms with E-state index in [0.29, 0.717) is 19.0 Å². The normalized spacial score (nSPS) is 16.4. The number of fused-ring (bicyclic) bond motifs is 2. The molecule has 6 nitrogen and oxygen atoms in total. The first-order valence-corrected chi connectivity index (χ1v) is 6.83. The van der Waals surface area contributed by atoms with Gasteiger partial charge in [0.1, 0.15) is 24.7 Å². The molecule has 0 saturated heterocycles. The van der Waals surface area contributed by atoms with E-state index in [-0.39, 0.29) is 0 Å². The van der Waals surface area contributed by atoms with Crippen LogP contribution >= 0.6 is 0 Å². The van der Waals surface area contributed by atoms with Crippen LogP contribution in [0.2, 0.25) is 0 Å². The molecule has 0 aliphatic carbocycles. The Hall–Kier alpha value is -2.37. The van der Waals surface area contributed by atoms with Crippen LogP contribution in [0.5, 0.6) is 11.5 Å². The molecule has 0 spiro atoms. The Kier molecular flexibility index (Phi) is 2.48. The summed E-state index contributed by atoms with van der Waals surface area (Å²) < 4.78 is 13.2. The number of hydrogen-bond donors (Lipinski definition) is 2.